The molecule has 3 nitrogen and oxygen atoms in total. The Labute approximate surface area is 127 Å². The molecular formula is C13H9BrINO2. The van der Waals surface area contributed by atoms with Gasteiger partial charge in [0.2, 0.25) is 0 Å². The molecule has 0 spiro atoms. The smallest absolute Gasteiger partial charge is 0.194 e. The minimum absolute atomic E-state index is 0.0659. The van der Waals surface area contributed by atoms with Gasteiger partial charge in [-0.25, -0.2) is 4.98 Å². The largest absolute Gasteiger partial charge is 0.483 e. The fourth-order valence-corrected chi connectivity index (χ4v) is 3.21. The Bertz CT molecular complexity index is 577. The molecule has 0 amide bonds. The molecule has 0 N–H and O–H groups in total. The number of halogens is 2. The molecule has 92 valence electrons. The lowest BCUT2D eigenvalue weighted by molar-refractivity contribution is 0.0896. The highest BCUT2D eigenvalue weighted by Gasteiger charge is 2.25. The molecule has 0 bridgehead atoms. The highest BCUT2D eigenvalue weighted by Crippen LogP contribution is 2.41. The van der Waals surface area contributed by atoms with Crippen molar-refractivity contribution in [2.45, 2.75) is 6.10 Å². The summed E-state index contributed by atoms with van der Waals surface area (Å²) in [5.41, 5.74) is 1.12. The van der Waals surface area contributed by atoms with Gasteiger partial charge in [-0.1, -0.05) is 30.3 Å². The van der Waals surface area contributed by atoms with Crippen LogP contribution in [0, 0.1) is 3.70 Å². The summed E-state index contributed by atoms with van der Waals surface area (Å²) in [4.78, 5) is 4.28. The van der Waals surface area contributed by atoms with E-state index in [1.165, 1.54) is 0 Å². The number of hydrogen-bond donors (Lipinski definition) is 0. The fraction of sp³-hybridized carbons (Fsp3) is 0.154. The van der Waals surface area contributed by atoms with Crippen LogP contribution in [-0.2, 0) is 0 Å². The first-order valence-corrected chi connectivity index (χ1v) is 7.31. The molecule has 1 unspecified atom stereocenters. The Kier molecular flexibility index (Phi) is 3.43. The minimum atomic E-state index is -0.0659. The normalized spacial score (nSPS) is 17.6. The second-order valence-electron chi connectivity index (χ2n) is 3.89. The van der Waals surface area contributed by atoms with Crippen LogP contribution in [-0.4, -0.2) is 11.6 Å². The van der Waals surface area contributed by atoms with E-state index in [0.717, 1.165) is 15.0 Å². The molecule has 1 atom stereocenters. The Morgan fingerprint density at radius 2 is 2.06 bits per heavy atom. The molecule has 1 aromatic heterocycles. The number of pyridine rings is 1. The van der Waals surface area contributed by atoms with Gasteiger partial charge in [-0.2, -0.15) is 0 Å². The van der Waals surface area contributed by atoms with E-state index < -0.39 is 0 Å². The van der Waals surface area contributed by atoms with Crippen molar-refractivity contribution < 1.29 is 9.47 Å². The van der Waals surface area contributed by atoms with Crippen LogP contribution in [0.4, 0.5) is 0 Å². The van der Waals surface area contributed by atoms with Gasteiger partial charge in [-0.3, -0.25) is 0 Å². The number of nitrogens with zero attached hydrogens (tertiary/aromatic N) is 1. The average molecular weight is 418 g/mol. The van der Waals surface area contributed by atoms with E-state index in [9.17, 15) is 0 Å². The molecule has 5 heteroatoms. The van der Waals surface area contributed by atoms with Crippen LogP contribution in [0.15, 0.2) is 41.0 Å². The molecule has 2 aromatic rings. The number of benzene rings is 1. The van der Waals surface area contributed by atoms with E-state index in [0.29, 0.717) is 17.0 Å². The molecular weight excluding hydrogens is 409 g/mol. The van der Waals surface area contributed by atoms with Crippen molar-refractivity contribution in [2.75, 3.05) is 6.61 Å². The predicted octanol–water partition coefficient (Wildman–Crippen LogP) is 3.96. The van der Waals surface area contributed by atoms with Crippen LogP contribution in [0.2, 0.25) is 0 Å². The Morgan fingerprint density at radius 1 is 1.28 bits per heavy atom. The summed E-state index contributed by atoms with van der Waals surface area (Å²) in [6.07, 6.45) is -0.0659. The molecule has 1 aliphatic rings. The zero-order chi connectivity index (χ0) is 12.5. The van der Waals surface area contributed by atoms with Gasteiger partial charge >= 0.3 is 0 Å². The molecule has 3 rings (SSSR count). The maximum atomic E-state index is 5.98. The van der Waals surface area contributed by atoms with Crippen molar-refractivity contribution in [3.05, 3.63) is 50.3 Å². The van der Waals surface area contributed by atoms with Crippen molar-refractivity contribution in [2.24, 2.45) is 0 Å². The molecule has 0 saturated heterocycles. The molecule has 0 saturated carbocycles. The van der Waals surface area contributed by atoms with Crippen molar-refractivity contribution in [1.29, 1.82) is 0 Å². The van der Waals surface area contributed by atoms with E-state index >= 15 is 0 Å². The van der Waals surface area contributed by atoms with Crippen LogP contribution in [0.3, 0.4) is 0 Å². The number of ether oxygens (including phenoxy) is 2. The van der Waals surface area contributed by atoms with Crippen molar-refractivity contribution >= 4 is 38.5 Å². The quantitative estimate of drug-likeness (QED) is 0.519. The number of rotatable bonds is 1. The molecule has 1 aromatic carbocycles. The first-order chi connectivity index (χ1) is 8.74. The summed E-state index contributed by atoms with van der Waals surface area (Å²) in [6.45, 7) is 0.498. The maximum absolute atomic E-state index is 5.98. The SMILES string of the molecule is Brc1nc(I)cc2c1OCC(c1ccccc1)O2. The molecule has 2 heterocycles. The van der Waals surface area contributed by atoms with Gasteiger partial charge in [0.05, 0.1) is 0 Å². The summed E-state index contributed by atoms with van der Waals surface area (Å²) in [7, 11) is 0. The van der Waals surface area contributed by atoms with Crippen molar-refractivity contribution in [3.8, 4) is 11.5 Å². The number of fused-ring (bicyclic) bond motifs is 1. The van der Waals surface area contributed by atoms with Gasteiger partial charge in [0.15, 0.2) is 22.2 Å². The molecule has 0 aliphatic carbocycles. The summed E-state index contributed by atoms with van der Waals surface area (Å²) in [5.74, 6) is 1.42. The lowest BCUT2D eigenvalue weighted by Gasteiger charge is -2.27. The lowest BCUT2D eigenvalue weighted by Crippen LogP contribution is -2.22. The van der Waals surface area contributed by atoms with Crippen LogP contribution in [0.1, 0.15) is 11.7 Å². The topological polar surface area (TPSA) is 31.4 Å². The van der Waals surface area contributed by atoms with E-state index in [2.05, 4.69) is 43.5 Å². The third kappa shape index (κ3) is 2.33. The summed E-state index contributed by atoms with van der Waals surface area (Å²) in [5, 5.41) is 0. The fourth-order valence-electron chi connectivity index (χ4n) is 1.85. The van der Waals surface area contributed by atoms with E-state index in [4.69, 9.17) is 9.47 Å². The first-order valence-electron chi connectivity index (χ1n) is 5.44. The third-order valence-corrected chi connectivity index (χ3v) is 3.78. The monoisotopic (exact) mass is 417 g/mol. The van der Waals surface area contributed by atoms with Crippen LogP contribution < -0.4 is 9.47 Å². The average Bonchev–Trinajstić information content (AvgIpc) is 2.39. The highest BCUT2D eigenvalue weighted by molar-refractivity contribution is 14.1. The van der Waals surface area contributed by atoms with E-state index in [1.54, 1.807) is 0 Å². The van der Waals surface area contributed by atoms with Gasteiger partial charge in [-0.15, -0.1) is 0 Å². The van der Waals surface area contributed by atoms with Crippen LogP contribution >= 0.6 is 38.5 Å². The van der Waals surface area contributed by atoms with Gasteiger partial charge in [0, 0.05) is 6.07 Å². The lowest BCUT2D eigenvalue weighted by atomic mass is 10.1. The number of aromatic nitrogens is 1. The maximum Gasteiger partial charge on any atom is 0.194 e. The van der Waals surface area contributed by atoms with E-state index in [-0.39, 0.29) is 6.10 Å². The summed E-state index contributed by atoms with van der Waals surface area (Å²) >= 11 is 5.54. The summed E-state index contributed by atoms with van der Waals surface area (Å²) < 4.78 is 13.3. The first kappa shape index (κ1) is 12.2. The van der Waals surface area contributed by atoms with Crippen molar-refractivity contribution in [3.63, 3.8) is 0 Å². The number of hydrogen-bond acceptors (Lipinski definition) is 3. The van der Waals surface area contributed by atoms with Gasteiger partial charge in [-0.05, 0) is 44.1 Å². The van der Waals surface area contributed by atoms with Gasteiger partial charge in [0.25, 0.3) is 0 Å². The zero-order valence-electron chi connectivity index (χ0n) is 9.27. The van der Waals surface area contributed by atoms with Gasteiger partial charge in [0.1, 0.15) is 10.3 Å². The van der Waals surface area contributed by atoms with Crippen LogP contribution in [0.5, 0.6) is 11.5 Å². The van der Waals surface area contributed by atoms with Crippen molar-refractivity contribution in [1.82, 2.24) is 4.98 Å². The molecule has 0 fully saturated rings. The van der Waals surface area contributed by atoms with Gasteiger partial charge < -0.3 is 9.47 Å². The molecule has 1 aliphatic heterocycles. The summed E-state index contributed by atoms with van der Waals surface area (Å²) in [6, 6.07) is 12.0. The van der Waals surface area contributed by atoms with E-state index in [1.807, 2.05) is 36.4 Å². The van der Waals surface area contributed by atoms with Crippen LogP contribution in [0.25, 0.3) is 0 Å². The Balaban J connectivity index is 1.94. The zero-order valence-corrected chi connectivity index (χ0v) is 13.0. The molecule has 18 heavy (non-hydrogen) atoms. The standard InChI is InChI=1S/C13H9BrINO2/c14-13-12-9(6-11(15)16-13)18-10(7-17-12)8-4-2-1-3-5-8/h1-6,10H,7H2. The predicted molar refractivity (Wildman–Crippen MR) is 80.0 cm³/mol. The molecule has 0 radical (unpaired) electrons. The minimum Gasteiger partial charge on any atom is -0.483 e. The third-order valence-electron chi connectivity index (χ3n) is 2.69. The second-order valence-corrected chi connectivity index (χ2v) is 5.75. The Hall–Kier alpha value is -0.820. The Morgan fingerprint density at radius 3 is 2.83 bits per heavy atom. The highest BCUT2D eigenvalue weighted by atomic mass is 127. The second kappa shape index (κ2) is 5.05.